The van der Waals surface area contributed by atoms with Gasteiger partial charge in [-0.15, -0.1) is 0 Å². The molecule has 3 rings (SSSR count). The summed E-state index contributed by atoms with van der Waals surface area (Å²) in [6.07, 6.45) is -19.7. The Morgan fingerprint density at radius 1 is 0.633 bits per heavy atom. The van der Waals surface area contributed by atoms with Gasteiger partial charge in [-0.2, -0.15) is 0 Å². The number of aliphatic hydroxyl groups is 9. The lowest BCUT2D eigenvalue weighted by Crippen LogP contribution is -2.61. The van der Waals surface area contributed by atoms with Crippen LogP contribution < -0.4 is 0 Å². The average Bonchev–Trinajstić information content (AvgIpc) is 2.72. The summed E-state index contributed by atoms with van der Waals surface area (Å²) in [5, 5.41) is 88.3. The van der Waals surface area contributed by atoms with Gasteiger partial charge in [0.05, 0.1) is 19.8 Å². The van der Waals surface area contributed by atoms with E-state index in [1.165, 1.54) is 0 Å². The van der Waals surface area contributed by atoms with Crippen molar-refractivity contribution in [2.45, 2.75) is 79.9 Å². The number of hydrogen-bond donors (Lipinski definition) is 9. The van der Waals surface area contributed by atoms with Crippen LogP contribution in [0.5, 0.6) is 0 Å². The smallest absolute Gasteiger partial charge is 0.186 e. The van der Waals surface area contributed by atoms with Crippen molar-refractivity contribution in [2.75, 3.05) is 19.8 Å². The molecule has 30 heavy (non-hydrogen) atoms. The first-order valence-electron chi connectivity index (χ1n) is 9.40. The molecule has 14 heteroatoms. The van der Waals surface area contributed by atoms with Crippen molar-refractivity contribution in [3.05, 3.63) is 0 Å². The highest BCUT2D eigenvalue weighted by Gasteiger charge is 2.47. The van der Waals surface area contributed by atoms with Crippen LogP contribution in [0.15, 0.2) is 0 Å². The van der Waals surface area contributed by atoms with E-state index in [1.807, 2.05) is 0 Å². The molecule has 3 saturated heterocycles. The van der Waals surface area contributed by atoms with E-state index in [1.54, 1.807) is 0 Å². The summed E-state index contributed by atoms with van der Waals surface area (Å²) in [6.45, 7) is -1.16. The van der Waals surface area contributed by atoms with E-state index >= 15 is 0 Å². The zero-order valence-corrected chi connectivity index (χ0v) is 15.7. The van der Waals surface area contributed by atoms with E-state index in [-0.39, 0.29) is 13.2 Å². The van der Waals surface area contributed by atoms with Gasteiger partial charge in [-0.05, 0) is 0 Å². The lowest BCUT2D eigenvalue weighted by molar-refractivity contribution is -0.341. The maximum absolute atomic E-state index is 10.4. The highest BCUT2D eigenvalue weighted by molar-refractivity contribution is 4.91. The van der Waals surface area contributed by atoms with Gasteiger partial charge in [-0.1, -0.05) is 0 Å². The zero-order valence-electron chi connectivity index (χ0n) is 15.7. The molecule has 0 aromatic carbocycles. The molecule has 9 N–H and O–H groups in total. The molecule has 3 fully saturated rings. The van der Waals surface area contributed by atoms with E-state index in [2.05, 4.69) is 0 Å². The number of aliphatic hydroxyl groups excluding tert-OH is 9. The normalized spacial score (nSPS) is 52.9. The van der Waals surface area contributed by atoms with Gasteiger partial charge in [0.25, 0.3) is 0 Å². The third-order valence-corrected chi connectivity index (χ3v) is 5.28. The zero-order chi connectivity index (χ0) is 22.2. The summed E-state index contributed by atoms with van der Waals surface area (Å²) in [6, 6.07) is 0. The first-order chi connectivity index (χ1) is 14.1. The van der Waals surface area contributed by atoms with Crippen LogP contribution in [-0.2, 0) is 23.7 Å². The van der Waals surface area contributed by atoms with E-state index in [4.69, 9.17) is 23.7 Å². The van der Waals surface area contributed by atoms with Crippen LogP contribution in [0, 0.1) is 0 Å². The van der Waals surface area contributed by atoms with Crippen LogP contribution in [0.1, 0.15) is 0 Å². The van der Waals surface area contributed by atoms with Crippen LogP contribution in [0.25, 0.3) is 0 Å². The van der Waals surface area contributed by atoms with Crippen molar-refractivity contribution in [1.82, 2.24) is 0 Å². The quantitative estimate of drug-likeness (QED) is 0.192. The third-order valence-electron chi connectivity index (χ3n) is 5.28. The standard InChI is InChI=1S/C16H28O14/c17-4-1-27-16(11(23)7(4)19)30-13-5(18)2-26-15(12(13)24)28-3-6-8(20)9(21)10(22)14(25)29-6/h4-25H,1-3H2/t4-,5+,6-,7+,8-,9+,10-,11-,12-,13+,14?,15?,16?/m1/s1. The fraction of sp³-hybridized carbons (Fsp3) is 1.00. The molecule has 0 aliphatic carbocycles. The van der Waals surface area contributed by atoms with Crippen LogP contribution in [0.3, 0.4) is 0 Å². The Balaban J connectivity index is 1.57. The van der Waals surface area contributed by atoms with Crippen molar-refractivity contribution in [3.8, 4) is 0 Å². The first kappa shape index (κ1) is 24.1. The second kappa shape index (κ2) is 9.93. The van der Waals surface area contributed by atoms with Crippen molar-refractivity contribution in [3.63, 3.8) is 0 Å². The fourth-order valence-corrected chi connectivity index (χ4v) is 3.40. The van der Waals surface area contributed by atoms with E-state index in [9.17, 15) is 46.0 Å². The molecule has 3 heterocycles. The average molecular weight is 444 g/mol. The summed E-state index contributed by atoms with van der Waals surface area (Å²) in [5.41, 5.74) is 0. The fourth-order valence-electron chi connectivity index (χ4n) is 3.40. The number of hydrogen-bond acceptors (Lipinski definition) is 14. The van der Waals surface area contributed by atoms with Crippen molar-refractivity contribution in [1.29, 1.82) is 0 Å². The second-order valence-electron chi connectivity index (χ2n) is 7.48. The highest BCUT2D eigenvalue weighted by Crippen LogP contribution is 2.26. The topological polar surface area (TPSA) is 228 Å². The maximum atomic E-state index is 10.4. The van der Waals surface area contributed by atoms with Crippen molar-refractivity contribution in [2.24, 2.45) is 0 Å². The molecule has 0 aromatic rings. The second-order valence-corrected chi connectivity index (χ2v) is 7.48. The van der Waals surface area contributed by atoms with E-state index in [0.29, 0.717) is 0 Å². The van der Waals surface area contributed by atoms with Crippen molar-refractivity contribution >= 4 is 0 Å². The first-order valence-corrected chi connectivity index (χ1v) is 9.40. The molecule has 0 radical (unpaired) electrons. The van der Waals surface area contributed by atoms with Gasteiger partial charge in [-0.25, -0.2) is 0 Å². The van der Waals surface area contributed by atoms with Crippen LogP contribution in [-0.4, -0.2) is 146 Å². The van der Waals surface area contributed by atoms with Crippen molar-refractivity contribution < 1.29 is 69.6 Å². The Morgan fingerprint density at radius 2 is 1.27 bits per heavy atom. The molecular weight excluding hydrogens is 416 g/mol. The summed E-state index contributed by atoms with van der Waals surface area (Å²) >= 11 is 0. The Kier molecular flexibility index (Phi) is 7.97. The Hall–Kier alpha value is -0.560. The van der Waals surface area contributed by atoms with Crippen LogP contribution >= 0.6 is 0 Å². The highest BCUT2D eigenvalue weighted by atomic mass is 16.7. The molecule has 3 aliphatic rings. The molecular formula is C16H28O14. The molecule has 0 saturated carbocycles. The molecule has 3 unspecified atom stereocenters. The number of ether oxygens (including phenoxy) is 5. The SMILES string of the molecule is OC1O[C@H](COC2OC[C@H](O)[C@H](OC3OC[C@@H](O)[C@H](O)[C@H]3O)[C@H]2O)[C@@H](O)[C@H](O)[C@H]1O. The van der Waals surface area contributed by atoms with Crippen LogP contribution in [0.4, 0.5) is 0 Å². The molecule has 176 valence electrons. The minimum absolute atomic E-state index is 0.342. The van der Waals surface area contributed by atoms with E-state index < -0.39 is 86.5 Å². The molecule has 0 spiro atoms. The molecule has 3 aliphatic heterocycles. The van der Waals surface area contributed by atoms with Gasteiger partial charge in [-0.3, -0.25) is 0 Å². The minimum atomic E-state index is -1.76. The maximum Gasteiger partial charge on any atom is 0.186 e. The third kappa shape index (κ3) is 4.92. The van der Waals surface area contributed by atoms with E-state index in [0.717, 1.165) is 0 Å². The van der Waals surface area contributed by atoms with Gasteiger partial charge < -0.3 is 69.6 Å². The predicted molar refractivity (Wildman–Crippen MR) is 89.2 cm³/mol. The predicted octanol–water partition coefficient (Wildman–Crippen LogP) is -6.29. The summed E-state index contributed by atoms with van der Waals surface area (Å²) < 4.78 is 25.9. The van der Waals surface area contributed by atoms with Gasteiger partial charge >= 0.3 is 0 Å². The molecule has 14 nitrogen and oxygen atoms in total. The summed E-state index contributed by atoms with van der Waals surface area (Å²) in [5.74, 6) is 0. The monoisotopic (exact) mass is 444 g/mol. The van der Waals surface area contributed by atoms with Gasteiger partial charge in [0.2, 0.25) is 0 Å². The molecule has 0 bridgehead atoms. The number of rotatable bonds is 5. The van der Waals surface area contributed by atoms with Gasteiger partial charge in [0, 0.05) is 0 Å². The molecule has 0 amide bonds. The van der Waals surface area contributed by atoms with Gasteiger partial charge in [0.1, 0.15) is 61.0 Å². The Labute approximate surface area is 170 Å². The largest absolute Gasteiger partial charge is 0.388 e. The van der Waals surface area contributed by atoms with Crippen LogP contribution in [0.2, 0.25) is 0 Å². The minimum Gasteiger partial charge on any atom is -0.388 e. The lowest BCUT2D eigenvalue weighted by atomic mass is 9.99. The Bertz CT molecular complexity index is 552. The lowest BCUT2D eigenvalue weighted by Gasteiger charge is -2.43. The molecule has 0 aromatic heterocycles. The summed E-state index contributed by atoms with van der Waals surface area (Å²) in [4.78, 5) is 0. The summed E-state index contributed by atoms with van der Waals surface area (Å²) in [7, 11) is 0. The molecule has 13 atom stereocenters. The Morgan fingerprint density at radius 3 is 1.97 bits per heavy atom. The van der Waals surface area contributed by atoms with Gasteiger partial charge in [0.15, 0.2) is 18.9 Å².